The van der Waals surface area contributed by atoms with E-state index in [-0.39, 0.29) is 0 Å². The number of nitrogens with zero attached hydrogens (tertiary/aromatic N) is 2. The molecular weight excluding hydrogens is 357 g/mol. The Morgan fingerprint density at radius 2 is 1.43 bits per heavy atom. The molecule has 0 amide bonds. The summed E-state index contributed by atoms with van der Waals surface area (Å²) in [6.07, 6.45) is 3.51. The second-order valence-corrected chi connectivity index (χ2v) is 8.45. The van der Waals surface area contributed by atoms with Crippen molar-refractivity contribution in [2.45, 2.75) is 11.6 Å². The lowest BCUT2D eigenvalue weighted by molar-refractivity contribution is -0.432. The second kappa shape index (κ2) is 6.78. The number of hydrogen-bond acceptors (Lipinski definition) is 8. The quantitative estimate of drug-likeness (QED) is 0.320. The zero-order chi connectivity index (χ0) is 17.1. The molecule has 1 heterocycles. The Labute approximate surface area is 117 Å². The van der Waals surface area contributed by atoms with Gasteiger partial charge in [0.15, 0.2) is 0 Å². The summed E-state index contributed by atoms with van der Waals surface area (Å²) in [4.78, 5) is 64.4. The van der Waals surface area contributed by atoms with Crippen LogP contribution in [0.15, 0.2) is 18.7 Å². The lowest BCUT2D eigenvalue weighted by atomic mass is 10.6. The van der Waals surface area contributed by atoms with Crippen molar-refractivity contribution in [3.63, 3.8) is 0 Å². The fraction of sp³-hybridized carbons (Fsp3) is 0.400. The normalized spacial score (nSPS) is 13.5. The maximum absolute atomic E-state index is 10.9. The van der Waals surface area contributed by atoms with E-state index in [4.69, 9.17) is 38.8 Å². The number of hydrogen-bond donors (Lipinski definition) is 5. The first kappa shape index (κ1) is 20.6. The minimum absolute atomic E-state index is 0.957. The number of aromatic nitrogens is 2. The smallest absolute Gasteiger partial charge is 0.371 e. The Balaban J connectivity index is 0.000000690. The van der Waals surface area contributed by atoms with Crippen LogP contribution in [0.1, 0.15) is 0 Å². The molecular formula is C5H10N2O11P3-3. The van der Waals surface area contributed by atoms with Gasteiger partial charge in [0.2, 0.25) is 0 Å². The average molecular weight is 367 g/mol. The van der Waals surface area contributed by atoms with Gasteiger partial charge in [0.1, 0.15) is 0 Å². The molecule has 13 nitrogen and oxygen atoms in total. The van der Waals surface area contributed by atoms with Crippen LogP contribution in [0.3, 0.4) is 0 Å². The third kappa shape index (κ3) is 6.92. The molecule has 0 saturated heterocycles. The second-order valence-electron chi connectivity index (χ2n) is 3.54. The molecule has 0 saturated carbocycles. The molecule has 0 aromatic carbocycles. The van der Waals surface area contributed by atoms with Crippen LogP contribution < -0.4 is 14.7 Å². The van der Waals surface area contributed by atoms with E-state index in [0.717, 1.165) is 10.9 Å². The predicted octanol–water partition coefficient (Wildman–Crippen LogP) is -3.94. The van der Waals surface area contributed by atoms with Crippen LogP contribution in [0.5, 0.6) is 0 Å². The molecule has 0 aliphatic heterocycles. The van der Waals surface area contributed by atoms with E-state index in [1.807, 2.05) is 0 Å². The van der Waals surface area contributed by atoms with Gasteiger partial charge in [0.25, 0.3) is 5.08 Å². The highest BCUT2D eigenvalue weighted by molar-refractivity contribution is 7.72. The summed E-state index contributed by atoms with van der Waals surface area (Å²) >= 11 is 0. The Morgan fingerprint density at radius 1 is 1.05 bits per heavy atom. The molecule has 1 rings (SSSR count). The van der Waals surface area contributed by atoms with Gasteiger partial charge < -0.3 is 48.5 Å². The largest absolute Gasteiger partial charge is 0.822 e. The number of aliphatic hydroxyl groups is 1. The first-order valence-electron chi connectivity index (χ1n) is 4.60. The molecule has 0 bridgehead atoms. The zero-order valence-corrected chi connectivity index (χ0v) is 12.5. The van der Waals surface area contributed by atoms with Crippen LogP contribution in [0.25, 0.3) is 0 Å². The maximum atomic E-state index is 10.9. The SMILES string of the molecule is O=P(O)(O)C(O)(Cn1ccnc1)P(=O)(O)O.O=P([O-])([O-])[O-]. The zero-order valence-electron chi connectivity index (χ0n) is 9.86. The number of imidazole rings is 1. The Morgan fingerprint density at radius 3 is 1.67 bits per heavy atom. The molecule has 16 heteroatoms. The lowest BCUT2D eigenvalue weighted by Crippen LogP contribution is -2.33. The van der Waals surface area contributed by atoms with Crippen molar-refractivity contribution in [3.05, 3.63) is 18.7 Å². The molecule has 0 aliphatic carbocycles. The molecule has 5 N–H and O–H groups in total. The summed E-state index contributed by atoms with van der Waals surface area (Å²) < 4.78 is 31.4. The Bertz CT molecular complexity index is 551. The van der Waals surface area contributed by atoms with Crippen molar-refractivity contribution in [1.29, 1.82) is 0 Å². The van der Waals surface area contributed by atoms with Gasteiger partial charge in [0.05, 0.1) is 12.9 Å². The van der Waals surface area contributed by atoms with E-state index >= 15 is 0 Å². The molecule has 124 valence electrons. The van der Waals surface area contributed by atoms with Gasteiger partial charge in [-0.15, -0.1) is 0 Å². The number of phosphoric acid groups is 1. The van der Waals surface area contributed by atoms with Gasteiger partial charge in [-0.25, -0.2) is 4.98 Å². The molecule has 0 atom stereocenters. The van der Waals surface area contributed by atoms with Gasteiger partial charge in [0, 0.05) is 12.4 Å². The van der Waals surface area contributed by atoms with E-state index < -0.39 is 34.6 Å². The van der Waals surface area contributed by atoms with Crippen molar-refractivity contribution in [2.75, 3.05) is 0 Å². The van der Waals surface area contributed by atoms with Crippen LogP contribution in [0.2, 0.25) is 0 Å². The topological polar surface area (TPSA) is 239 Å². The Hall–Kier alpha value is -0.420. The summed E-state index contributed by atoms with van der Waals surface area (Å²) in [7, 11) is -16.2. The van der Waals surface area contributed by atoms with Gasteiger partial charge in [-0.3, -0.25) is 9.13 Å². The minimum atomic E-state index is -5.41. The van der Waals surface area contributed by atoms with Crippen LogP contribution in [-0.2, 0) is 20.2 Å². The molecule has 0 radical (unpaired) electrons. The van der Waals surface area contributed by atoms with E-state index in [9.17, 15) is 14.2 Å². The van der Waals surface area contributed by atoms with Gasteiger partial charge in [-0.05, 0) is 0 Å². The minimum Gasteiger partial charge on any atom is -0.822 e. The summed E-state index contributed by atoms with van der Waals surface area (Å²) in [6.45, 7) is -0.957. The van der Waals surface area contributed by atoms with Crippen molar-refractivity contribution in [3.8, 4) is 0 Å². The summed E-state index contributed by atoms with van der Waals surface area (Å²) in [6, 6.07) is 0. The van der Waals surface area contributed by atoms with E-state index in [0.29, 0.717) is 0 Å². The van der Waals surface area contributed by atoms with E-state index in [1.54, 1.807) is 0 Å². The van der Waals surface area contributed by atoms with Crippen molar-refractivity contribution >= 4 is 23.0 Å². The Kier molecular flexibility index (Phi) is 6.64. The molecule has 0 unspecified atom stereocenters. The van der Waals surface area contributed by atoms with Crippen LogP contribution >= 0.6 is 23.0 Å². The lowest BCUT2D eigenvalue weighted by Gasteiger charge is -2.36. The van der Waals surface area contributed by atoms with Gasteiger partial charge in [-0.1, -0.05) is 0 Å². The summed E-state index contributed by atoms with van der Waals surface area (Å²) in [5, 5.41) is 6.04. The summed E-state index contributed by atoms with van der Waals surface area (Å²) in [5.74, 6) is 0. The van der Waals surface area contributed by atoms with Crippen molar-refractivity contribution < 1.29 is 53.1 Å². The first-order valence-corrected chi connectivity index (χ1v) is 9.29. The molecule has 0 aliphatic rings. The monoisotopic (exact) mass is 367 g/mol. The van der Waals surface area contributed by atoms with E-state index in [2.05, 4.69) is 4.98 Å². The van der Waals surface area contributed by atoms with Crippen LogP contribution in [0.4, 0.5) is 0 Å². The van der Waals surface area contributed by atoms with Crippen molar-refractivity contribution in [1.82, 2.24) is 9.55 Å². The average Bonchev–Trinajstić information content (AvgIpc) is 2.63. The third-order valence-electron chi connectivity index (χ3n) is 1.89. The third-order valence-corrected chi connectivity index (χ3v) is 5.60. The van der Waals surface area contributed by atoms with Crippen LogP contribution in [-0.4, -0.2) is 39.3 Å². The molecule has 21 heavy (non-hydrogen) atoms. The van der Waals surface area contributed by atoms with E-state index in [1.165, 1.54) is 12.4 Å². The molecule has 0 spiro atoms. The standard InChI is InChI=1S/C5H10N2O7P2.H3O4P/c8-5(15(9,10)11,16(12,13)14)3-7-2-1-6-4-7;1-5(2,3)4/h1-2,4,8H,3H2,(H2,9,10,11)(H2,12,13,14);(H3,1,2,3,4)/p-3. The maximum Gasteiger partial charge on any atom is 0.371 e. The highest BCUT2D eigenvalue weighted by Crippen LogP contribution is 2.67. The number of rotatable bonds is 4. The van der Waals surface area contributed by atoms with Crippen LogP contribution in [0, 0.1) is 0 Å². The highest BCUT2D eigenvalue weighted by atomic mass is 31.2. The molecule has 1 aromatic heterocycles. The summed E-state index contributed by atoms with van der Waals surface area (Å²) in [5.41, 5.74) is 0. The van der Waals surface area contributed by atoms with Gasteiger partial charge >= 0.3 is 15.2 Å². The predicted molar refractivity (Wildman–Crippen MR) is 58.9 cm³/mol. The molecule has 0 fully saturated rings. The first-order chi connectivity index (χ1) is 9.08. The molecule has 1 aromatic rings. The fourth-order valence-corrected chi connectivity index (χ4v) is 3.03. The fourth-order valence-electron chi connectivity index (χ4n) is 0.979. The van der Waals surface area contributed by atoms with Gasteiger partial charge in [-0.2, -0.15) is 7.82 Å². The van der Waals surface area contributed by atoms with Crippen molar-refractivity contribution in [2.24, 2.45) is 0 Å². The highest BCUT2D eigenvalue weighted by Gasteiger charge is 2.59.